The topological polar surface area (TPSA) is 30.0 Å². The Hall–Kier alpha value is -1.23. The van der Waals surface area contributed by atoms with Gasteiger partial charge in [0.25, 0.3) is 0 Å². The lowest BCUT2D eigenvalue weighted by Gasteiger charge is -2.01. The van der Waals surface area contributed by atoms with Crippen molar-refractivity contribution in [3.05, 3.63) is 63.5 Å². The summed E-state index contributed by atoms with van der Waals surface area (Å²) in [6.07, 6.45) is 1.63. The first-order valence-corrected chi connectivity index (χ1v) is 5.57. The molecule has 0 N–H and O–H groups in total. The van der Waals surface area contributed by atoms with Crippen LogP contribution in [0.3, 0.4) is 0 Å². The number of nitrogens with zero attached hydrogens (tertiary/aromatic N) is 1. The second-order valence-electron chi connectivity index (χ2n) is 3.02. The van der Waals surface area contributed by atoms with Gasteiger partial charge in [-0.25, -0.2) is 0 Å². The molecule has 74 valence electrons. The molecule has 0 fully saturated rings. The number of rotatable bonds is 2. The quantitative estimate of drug-likeness (QED) is 0.631. The summed E-state index contributed by atoms with van der Waals surface area (Å²) in [5, 5.41) is 0. The van der Waals surface area contributed by atoms with Crippen LogP contribution in [0.5, 0.6) is 0 Å². The van der Waals surface area contributed by atoms with Crippen LogP contribution in [-0.4, -0.2) is 10.8 Å². The van der Waals surface area contributed by atoms with Crippen molar-refractivity contribution in [3.63, 3.8) is 0 Å². The van der Waals surface area contributed by atoms with Crippen LogP contribution in [0, 0.1) is 3.57 Å². The zero-order valence-electron chi connectivity index (χ0n) is 7.85. The van der Waals surface area contributed by atoms with Crippen LogP contribution in [0.25, 0.3) is 0 Å². The van der Waals surface area contributed by atoms with E-state index in [2.05, 4.69) is 27.6 Å². The highest BCUT2D eigenvalue weighted by Gasteiger charge is 2.11. The zero-order valence-corrected chi connectivity index (χ0v) is 10.0. The van der Waals surface area contributed by atoms with Crippen LogP contribution in [0.2, 0.25) is 0 Å². The molecule has 1 heterocycles. The lowest BCUT2D eigenvalue weighted by Crippen LogP contribution is -2.05. The predicted octanol–water partition coefficient (Wildman–Crippen LogP) is 2.92. The largest absolute Gasteiger partial charge is 0.287 e. The van der Waals surface area contributed by atoms with Gasteiger partial charge in [0.1, 0.15) is 5.69 Å². The Bertz CT molecular complexity index is 482. The van der Waals surface area contributed by atoms with E-state index in [-0.39, 0.29) is 5.78 Å². The van der Waals surface area contributed by atoms with Crippen LogP contribution < -0.4 is 0 Å². The van der Waals surface area contributed by atoms with Gasteiger partial charge >= 0.3 is 0 Å². The van der Waals surface area contributed by atoms with Gasteiger partial charge in [0.15, 0.2) is 0 Å². The normalized spacial score (nSPS) is 9.93. The van der Waals surface area contributed by atoms with E-state index < -0.39 is 0 Å². The van der Waals surface area contributed by atoms with Crippen LogP contribution >= 0.6 is 22.6 Å². The molecular formula is C12H8INO. The van der Waals surface area contributed by atoms with Crippen LogP contribution in [0.1, 0.15) is 16.1 Å². The van der Waals surface area contributed by atoms with E-state index in [1.54, 1.807) is 18.3 Å². The van der Waals surface area contributed by atoms with E-state index in [4.69, 9.17) is 0 Å². The van der Waals surface area contributed by atoms with Crippen molar-refractivity contribution >= 4 is 28.4 Å². The second kappa shape index (κ2) is 4.53. The predicted molar refractivity (Wildman–Crippen MR) is 66.8 cm³/mol. The van der Waals surface area contributed by atoms with Gasteiger partial charge in [0.05, 0.1) is 0 Å². The Morgan fingerprint density at radius 1 is 1.07 bits per heavy atom. The molecule has 0 radical (unpaired) electrons. The Kier molecular flexibility index (Phi) is 3.11. The maximum Gasteiger partial charge on any atom is 0.212 e. The number of hydrogen-bond donors (Lipinski definition) is 0. The van der Waals surface area contributed by atoms with Crippen molar-refractivity contribution in [2.24, 2.45) is 0 Å². The lowest BCUT2D eigenvalue weighted by molar-refractivity contribution is 0.103. The van der Waals surface area contributed by atoms with Gasteiger partial charge in [0.2, 0.25) is 5.78 Å². The highest BCUT2D eigenvalue weighted by molar-refractivity contribution is 14.1. The number of carbonyl (C=O) groups is 1. The maximum absolute atomic E-state index is 12.0. The van der Waals surface area contributed by atoms with Gasteiger partial charge in [-0.15, -0.1) is 0 Å². The first-order valence-electron chi connectivity index (χ1n) is 4.49. The summed E-state index contributed by atoms with van der Waals surface area (Å²) in [7, 11) is 0. The molecule has 2 aromatic rings. The van der Waals surface area contributed by atoms with Crippen LogP contribution in [-0.2, 0) is 0 Å². The molecule has 0 spiro atoms. The number of aromatic nitrogens is 1. The fourth-order valence-corrected chi connectivity index (χ4v) is 1.91. The van der Waals surface area contributed by atoms with Gasteiger partial charge < -0.3 is 0 Å². The first-order chi connectivity index (χ1) is 7.29. The van der Waals surface area contributed by atoms with E-state index >= 15 is 0 Å². The molecule has 0 saturated carbocycles. The van der Waals surface area contributed by atoms with E-state index in [9.17, 15) is 4.79 Å². The average molecular weight is 309 g/mol. The van der Waals surface area contributed by atoms with Crippen molar-refractivity contribution in [1.29, 1.82) is 0 Å². The molecule has 1 aromatic carbocycles. The molecule has 0 aliphatic heterocycles. The monoisotopic (exact) mass is 309 g/mol. The van der Waals surface area contributed by atoms with Gasteiger partial charge in [-0.1, -0.05) is 18.2 Å². The van der Waals surface area contributed by atoms with E-state index in [1.165, 1.54) is 0 Å². The summed E-state index contributed by atoms with van der Waals surface area (Å²) in [4.78, 5) is 16.0. The molecule has 0 amide bonds. The molecule has 15 heavy (non-hydrogen) atoms. The Balaban J connectivity index is 2.42. The molecule has 0 atom stereocenters. The van der Waals surface area contributed by atoms with Gasteiger partial charge in [0, 0.05) is 15.3 Å². The number of halogens is 1. The summed E-state index contributed by atoms with van der Waals surface area (Å²) < 4.78 is 0.950. The molecule has 0 saturated heterocycles. The van der Waals surface area contributed by atoms with Gasteiger partial charge in [-0.2, -0.15) is 0 Å². The number of pyridine rings is 1. The fourth-order valence-electron chi connectivity index (χ4n) is 1.28. The molecule has 0 bridgehead atoms. The summed E-state index contributed by atoms with van der Waals surface area (Å²) in [5.74, 6) is -0.0272. The number of hydrogen-bond acceptors (Lipinski definition) is 2. The number of carbonyl (C=O) groups excluding carboxylic acids is 1. The van der Waals surface area contributed by atoms with Gasteiger partial charge in [-0.05, 0) is 46.9 Å². The average Bonchev–Trinajstić information content (AvgIpc) is 2.30. The third kappa shape index (κ3) is 2.23. The van der Waals surface area contributed by atoms with Gasteiger partial charge in [-0.3, -0.25) is 9.78 Å². The smallest absolute Gasteiger partial charge is 0.212 e. The second-order valence-corrected chi connectivity index (χ2v) is 4.19. The standard InChI is InChI=1S/C12H8INO/c13-10-6-2-1-5-9(10)12(15)11-7-3-4-8-14-11/h1-8H. The van der Waals surface area contributed by atoms with Crippen LogP contribution in [0.15, 0.2) is 48.7 Å². The Morgan fingerprint density at radius 2 is 1.80 bits per heavy atom. The third-order valence-corrected chi connectivity index (χ3v) is 2.96. The minimum Gasteiger partial charge on any atom is -0.287 e. The minimum atomic E-state index is -0.0272. The van der Waals surface area contributed by atoms with Crippen molar-refractivity contribution < 1.29 is 4.79 Å². The number of ketones is 1. The third-order valence-electron chi connectivity index (χ3n) is 2.02. The summed E-state index contributed by atoms with van der Waals surface area (Å²) in [6, 6.07) is 12.8. The molecule has 0 aliphatic rings. The Morgan fingerprint density at radius 3 is 2.47 bits per heavy atom. The zero-order chi connectivity index (χ0) is 10.7. The molecule has 3 heteroatoms. The molecular weight excluding hydrogens is 301 g/mol. The maximum atomic E-state index is 12.0. The first kappa shape index (κ1) is 10.3. The van der Waals surface area contributed by atoms with Crippen molar-refractivity contribution in [1.82, 2.24) is 4.98 Å². The summed E-state index contributed by atoms with van der Waals surface area (Å²) in [6.45, 7) is 0. The molecule has 2 rings (SSSR count). The Labute approximate surface area is 101 Å². The van der Waals surface area contributed by atoms with E-state index in [1.807, 2.05) is 30.3 Å². The molecule has 0 unspecified atom stereocenters. The molecule has 2 nitrogen and oxygen atoms in total. The highest BCUT2D eigenvalue weighted by atomic mass is 127. The SMILES string of the molecule is O=C(c1ccccn1)c1ccccc1I. The fraction of sp³-hybridized carbons (Fsp3) is 0. The number of benzene rings is 1. The molecule has 1 aromatic heterocycles. The highest BCUT2D eigenvalue weighted by Crippen LogP contribution is 2.14. The van der Waals surface area contributed by atoms with Crippen molar-refractivity contribution in [2.75, 3.05) is 0 Å². The van der Waals surface area contributed by atoms with E-state index in [0.717, 1.165) is 3.57 Å². The van der Waals surface area contributed by atoms with Crippen LogP contribution in [0.4, 0.5) is 0 Å². The van der Waals surface area contributed by atoms with Crippen molar-refractivity contribution in [3.8, 4) is 0 Å². The van der Waals surface area contributed by atoms with E-state index in [0.29, 0.717) is 11.3 Å². The molecule has 0 aliphatic carbocycles. The lowest BCUT2D eigenvalue weighted by atomic mass is 10.1. The summed E-state index contributed by atoms with van der Waals surface area (Å²) in [5.41, 5.74) is 1.19. The van der Waals surface area contributed by atoms with Crippen molar-refractivity contribution in [2.45, 2.75) is 0 Å². The minimum absolute atomic E-state index is 0.0272. The summed E-state index contributed by atoms with van der Waals surface area (Å²) >= 11 is 2.15.